The summed E-state index contributed by atoms with van der Waals surface area (Å²) in [6, 6.07) is 8.34. The van der Waals surface area contributed by atoms with Gasteiger partial charge in [0.05, 0.1) is 6.54 Å². The molecule has 1 rings (SSSR count). The lowest BCUT2D eigenvalue weighted by Crippen LogP contribution is -2.54. The molecule has 1 aromatic carbocycles. The molecule has 4 amide bonds. The van der Waals surface area contributed by atoms with Crippen LogP contribution >= 0.6 is 0 Å². The molecule has 0 saturated carbocycles. The first-order chi connectivity index (χ1) is 11.7. The number of hydrogen-bond acceptors (Lipinski definition) is 4. The maximum absolute atomic E-state index is 12.6. The molecule has 1 radical (unpaired) electrons. The minimum atomic E-state index is -0.909. The van der Waals surface area contributed by atoms with Crippen LogP contribution in [0.4, 0.5) is 4.79 Å². The van der Waals surface area contributed by atoms with E-state index < -0.39 is 29.9 Å². The standard InChI is InChI=1S/C18H22N3O4/c1-18(2,13-15(19)23)20(3)17(25)21(11-12-22)16(24)10-9-14-7-5-4-6-8-14/h4-10H,11,13H2,1-3H3,(H2,19,23)/b10-9+. The lowest BCUT2D eigenvalue weighted by atomic mass is 9.98. The van der Waals surface area contributed by atoms with Crippen LogP contribution in [-0.2, 0) is 14.4 Å². The van der Waals surface area contributed by atoms with Gasteiger partial charge in [-0.1, -0.05) is 30.3 Å². The van der Waals surface area contributed by atoms with Gasteiger partial charge >= 0.3 is 6.03 Å². The Balaban J connectivity index is 2.95. The van der Waals surface area contributed by atoms with Crippen LogP contribution in [0.15, 0.2) is 36.4 Å². The number of rotatable bonds is 7. The first-order valence-electron chi connectivity index (χ1n) is 7.65. The van der Waals surface area contributed by atoms with Gasteiger partial charge in [-0.15, -0.1) is 0 Å². The van der Waals surface area contributed by atoms with Gasteiger partial charge in [-0.05, 0) is 25.5 Å². The minimum Gasteiger partial charge on any atom is -0.370 e. The fourth-order valence-corrected chi connectivity index (χ4v) is 2.11. The molecule has 0 spiro atoms. The third-order valence-corrected chi connectivity index (χ3v) is 3.74. The van der Waals surface area contributed by atoms with Gasteiger partial charge in [0.15, 0.2) is 0 Å². The second kappa shape index (κ2) is 8.77. The van der Waals surface area contributed by atoms with E-state index in [0.29, 0.717) is 0 Å². The first kappa shape index (κ1) is 20.1. The predicted molar refractivity (Wildman–Crippen MR) is 93.9 cm³/mol. The van der Waals surface area contributed by atoms with Gasteiger partial charge in [0, 0.05) is 25.1 Å². The third-order valence-electron chi connectivity index (χ3n) is 3.74. The number of nitrogens with two attached hydrogens (primary N) is 1. The van der Waals surface area contributed by atoms with Gasteiger partial charge in [-0.3, -0.25) is 19.3 Å². The molecule has 0 atom stereocenters. The van der Waals surface area contributed by atoms with Gasteiger partial charge in [0.25, 0.3) is 5.91 Å². The van der Waals surface area contributed by atoms with Crippen LogP contribution in [0.3, 0.4) is 0 Å². The quantitative estimate of drug-likeness (QED) is 0.754. The van der Waals surface area contributed by atoms with Crippen LogP contribution in [0.5, 0.6) is 0 Å². The fraction of sp³-hybridized carbons (Fsp3) is 0.333. The molecular formula is C18H22N3O4. The highest BCUT2D eigenvalue weighted by Gasteiger charge is 2.33. The summed E-state index contributed by atoms with van der Waals surface area (Å²) >= 11 is 0. The predicted octanol–water partition coefficient (Wildman–Crippen LogP) is 1.34. The van der Waals surface area contributed by atoms with Crippen LogP contribution in [-0.4, -0.2) is 53.1 Å². The van der Waals surface area contributed by atoms with E-state index in [0.717, 1.165) is 10.5 Å². The molecule has 7 heteroatoms. The van der Waals surface area contributed by atoms with E-state index in [-0.39, 0.29) is 6.42 Å². The van der Waals surface area contributed by atoms with Crippen molar-refractivity contribution in [1.29, 1.82) is 0 Å². The van der Waals surface area contributed by atoms with Crippen molar-refractivity contribution in [3.8, 4) is 0 Å². The number of benzene rings is 1. The summed E-state index contributed by atoms with van der Waals surface area (Å²) in [6.45, 7) is 2.78. The fourth-order valence-electron chi connectivity index (χ4n) is 2.11. The van der Waals surface area contributed by atoms with E-state index in [1.807, 2.05) is 18.2 Å². The molecular weight excluding hydrogens is 322 g/mol. The summed E-state index contributed by atoms with van der Waals surface area (Å²) < 4.78 is 0. The molecule has 7 nitrogen and oxygen atoms in total. The highest BCUT2D eigenvalue weighted by molar-refractivity contribution is 6.03. The average molecular weight is 344 g/mol. The number of hydrogen-bond donors (Lipinski definition) is 1. The molecule has 2 N–H and O–H groups in total. The van der Waals surface area contributed by atoms with Crippen LogP contribution < -0.4 is 5.73 Å². The monoisotopic (exact) mass is 344 g/mol. The molecule has 0 aliphatic heterocycles. The summed E-state index contributed by atoms with van der Waals surface area (Å²) in [4.78, 5) is 48.8. The highest BCUT2D eigenvalue weighted by Crippen LogP contribution is 2.18. The molecule has 0 aromatic heterocycles. The molecule has 1 aromatic rings. The molecule has 0 saturated heterocycles. The van der Waals surface area contributed by atoms with Crippen molar-refractivity contribution in [3.05, 3.63) is 42.0 Å². The van der Waals surface area contributed by atoms with Crippen LogP contribution in [0.25, 0.3) is 6.08 Å². The number of primary amides is 1. The van der Waals surface area contributed by atoms with Crippen LogP contribution in [0.2, 0.25) is 0 Å². The number of imide groups is 1. The molecule has 133 valence electrons. The Morgan fingerprint density at radius 2 is 1.80 bits per heavy atom. The Bertz CT molecular complexity index is 668. The van der Waals surface area contributed by atoms with E-state index in [1.54, 1.807) is 38.3 Å². The Kier molecular flexibility index (Phi) is 7.05. The Morgan fingerprint density at radius 1 is 1.20 bits per heavy atom. The molecule has 0 aliphatic carbocycles. The van der Waals surface area contributed by atoms with Crippen molar-refractivity contribution in [3.63, 3.8) is 0 Å². The van der Waals surface area contributed by atoms with Gasteiger partial charge in [0.1, 0.15) is 0 Å². The van der Waals surface area contributed by atoms with Crippen molar-refractivity contribution >= 4 is 30.2 Å². The zero-order valence-corrected chi connectivity index (χ0v) is 14.6. The van der Waals surface area contributed by atoms with Gasteiger partial charge in [-0.25, -0.2) is 4.79 Å². The summed E-state index contributed by atoms with van der Waals surface area (Å²) in [5.41, 5.74) is 5.06. The molecule has 0 bridgehead atoms. The number of urea groups is 1. The van der Waals surface area contributed by atoms with Crippen molar-refractivity contribution in [2.24, 2.45) is 5.73 Å². The lowest BCUT2D eigenvalue weighted by Gasteiger charge is -2.37. The lowest BCUT2D eigenvalue weighted by molar-refractivity contribution is -0.123. The summed E-state index contributed by atoms with van der Waals surface area (Å²) in [5.74, 6) is -1.23. The summed E-state index contributed by atoms with van der Waals surface area (Å²) in [7, 11) is 1.44. The highest BCUT2D eigenvalue weighted by atomic mass is 16.2. The third kappa shape index (κ3) is 5.87. The van der Waals surface area contributed by atoms with Crippen LogP contribution in [0.1, 0.15) is 25.8 Å². The minimum absolute atomic E-state index is 0.0814. The Labute approximate surface area is 147 Å². The maximum atomic E-state index is 12.6. The van der Waals surface area contributed by atoms with Gasteiger partial charge in [0.2, 0.25) is 12.2 Å². The van der Waals surface area contributed by atoms with E-state index in [4.69, 9.17) is 5.73 Å². The van der Waals surface area contributed by atoms with E-state index >= 15 is 0 Å². The molecule has 0 aliphatic rings. The maximum Gasteiger partial charge on any atom is 0.327 e. The van der Waals surface area contributed by atoms with Crippen molar-refractivity contribution in [2.45, 2.75) is 25.8 Å². The largest absolute Gasteiger partial charge is 0.370 e. The topological polar surface area (TPSA) is 101 Å². The van der Waals surface area contributed by atoms with Crippen LogP contribution in [0, 0.1) is 0 Å². The zero-order valence-electron chi connectivity index (χ0n) is 14.6. The molecule has 0 unspecified atom stereocenters. The number of carbonyl (C=O) groups is 3. The number of carbonyl (C=O) groups excluding carboxylic acids is 4. The van der Waals surface area contributed by atoms with E-state index in [9.17, 15) is 19.2 Å². The first-order valence-corrected chi connectivity index (χ1v) is 7.65. The normalized spacial score (nSPS) is 11.2. The van der Waals surface area contributed by atoms with Gasteiger partial charge in [-0.2, -0.15) is 0 Å². The zero-order chi connectivity index (χ0) is 19.0. The smallest absolute Gasteiger partial charge is 0.327 e. The summed E-state index contributed by atoms with van der Waals surface area (Å²) in [6.07, 6.45) is 4.23. The SMILES string of the molecule is CN(C(=O)N(C[C]=O)C(=O)/C=C/c1ccccc1)C(C)(C)CC(N)=O. The van der Waals surface area contributed by atoms with Crippen molar-refractivity contribution < 1.29 is 19.2 Å². The van der Waals surface area contributed by atoms with Crippen molar-refractivity contribution in [1.82, 2.24) is 9.80 Å². The van der Waals surface area contributed by atoms with Crippen molar-refractivity contribution in [2.75, 3.05) is 13.6 Å². The Morgan fingerprint density at radius 3 is 2.32 bits per heavy atom. The number of nitrogens with zero attached hydrogens (tertiary/aromatic N) is 2. The number of amides is 4. The molecule has 0 heterocycles. The van der Waals surface area contributed by atoms with Gasteiger partial charge < -0.3 is 10.6 Å². The molecule has 0 fully saturated rings. The van der Waals surface area contributed by atoms with E-state index in [2.05, 4.69) is 0 Å². The summed E-state index contributed by atoms with van der Waals surface area (Å²) in [5, 5.41) is 0. The molecule has 25 heavy (non-hydrogen) atoms. The second-order valence-electron chi connectivity index (χ2n) is 6.11. The van der Waals surface area contributed by atoms with E-state index in [1.165, 1.54) is 18.0 Å². The Hall–Kier alpha value is -2.96. The average Bonchev–Trinajstić information content (AvgIpc) is 2.56. The second-order valence-corrected chi connectivity index (χ2v) is 6.11.